The van der Waals surface area contributed by atoms with Gasteiger partial charge in [-0.1, -0.05) is 6.92 Å². The van der Waals surface area contributed by atoms with Crippen molar-refractivity contribution in [3.63, 3.8) is 0 Å². The maximum absolute atomic E-state index is 13.0. The minimum absolute atomic E-state index is 0.143. The molecule has 3 aromatic rings. The van der Waals surface area contributed by atoms with Gasteiger partial charge in [0.25, 0.3) is 5.91 Å². The number of amides is 1. The summed E-state index contributed by atoms with van der Waals surface area (Å²) in [6, 6.07) is 6.45. The molecular formula is C23H23NO6S. The van der Waals surface area contributed by atoms with Crippen LogP contribution in [0.4, 0.5) is 5.00 Å². The highest BCUT2D eigenvalue weighted by molar-refractivity contribution is 7.17. The van der Waals surface area contributed by atoms with Gasteiger partial charge in [0.2, 0.25) is 0 Å². The SMILES string of the molecule is CCOC(=O)c1c(NC(=O)c2cc3cc(OC)ccc3oc2=O)sc2c1CCC(C)C2. The number of thiophene rings is 1. The van der Waals surface area contributed by atoms with Gasteiger partial charge in [-0.15, -0.1) is 11.3 Å². The van der Waals surface area contributed by atoms with Crippen molar-refractivity contribution in [3.8, 4) is 5.75 Å². The van der Waals surface area contributed by atoms with Gasteiger partial charge in [-0.25, -0.2) is 9.59 Å². The van der Waals surface area contributed by atoms with Crippen LogP contribution in [-0.2, 0) is 17.6 Å². The lowest BCUT2D eigenvalue weighted by atomic mass is 9.88. The Hall–Kier alpha value is -3.13. The Morgan fingerprint density at radius 3 is 2.84 bits per heavy atom. The van der Waals surface area contributed by atoms with Crippen LogP contribution in [0.2, 0.25) is 0 Å². The molecular weight excluding hydrogens is 418 g/mol. The van der Waals surface area contributed by atoms with E-state index in [0.717, 1.165) is 29.7 Å². The molecule has 1 aromatic carbocycles. The fourth-order valence-electron chi connectivity index (χ4n) is 3.82. The first-order chi connectivity index (χ1) is 14.9. The summed E-state index contributed by atoms with van der Waals surface area (Å²) in [5.41, 5.74) is 0.800. The zero-order valence-corrected chi connectivity index (χ0v) is 18.4. The predicted molar refractivity (Wildman–Crippen MR) is 118 cm³/mol. The molecule has 7 nitrogen and oxygen atoms in total. The van der Waals surface area contributed by atoms with Gasteiger partial charge in [0.15, 0.2) is 0 Å². The van der Waals surface area contributed by atoms with Gasteiger partial charge in [0, 0.05) is 10.3 Å². The Labute approximate surface area is 183 Å². The molecule has 162 valence electrons. The van der Waals surface area contributed by atoms with Crippen LogP contribution in [0.25, 0.3) is 11.0 Å². The lowest BCUT2D eigenvalue weighted by Crippen LogP contribution is -2.21. The monoisotopic (exact) mass is 441 g/mol. The average molecular weight is 442 g/mol. The quantitative estimate of drug-likeness (QED) is 0.465. The van der Waals surface area contributed by atoms with Crippen molar-refractivity contribution in [1.29, 1.82) is 0 Å². The highest BCUT2D eigenvalue weighted by Crippen LogP contribution is 2.40. The van der Waals surface area contributed by atoms with E-state index in [1.807, 2.05) is 0 Å². The Morgan fingerprint density at radius 2 is 2.10 bits per heavy atom. The highest BCUT2D eigenvalue weighted by Gasteiger charge is 2.29. The van der Waals surface area contributed by atoms with Gasteiger partial charge in [0.1, 0.15) is 21.9 Å². The van der Waals surface area contributed by atoms with Crippen LogP contribution < -0.4 is 15.7 Å². The summed E-state index contributed by atoms with van der Waals surface area (Å²) < 4.78 is 15.7. The molecule has 0 fully saturated rings. The number of hydrogen-bond acceptors (Lipinski definition) is 7. The minimum Gasteiger partial charge on any atom is -0.497 e. The Morgan fingerprint density at radius 1 is 1.29 bits per heavy atom. The van der Waals surface area contributed by atoms with Gasteiger partial charge in [-0.3, -0.25) is 4.79 Å². The van der Waals surface area contributed by atoms with Gasteiger partial charge in [-0.05, 0) is 61.9 Å². The van der Waals surface area contributed by atoms with E-state index in [1.165, 1.54) is 24.5 Å². The summed E-state index contributed by atoms with van der Waals surface area (Å²) in [6.07, 6.45) is 2.58. The second kappa shape index (κ2) is 8.55. The number of nitrogens with one attached hydrogen (secondary N) is 1. The molecule has 0 saturated carbocycles. The lowest BCUT2D eigenvalue weighted by molar-refractivity contribution is 0.0526. The number of esters is 1. The van der Waals surface area contributed by atoms with Crippen LogP contribution in [-0.4, -0.2) is 25.6 Å². The summed E-state index contributed by atoms with van der Waals surface area (Å²) in [7, 11) is 1.53. The van der Waals surface area contributed by atoms with Crippen molar-refractivity contribution < 1.29 is 23.5 Å². The third-order valence-electron chi connectivity index (χ3n) is 5.40. The van der Waals surface area contributed by atoms with E-state index in [4.69, 9.17) is 13.9 Å². The molecule has 0 radical (unpaired) electrons. The number of ether oxygens (including phenoxy) is 2. The summed E-state index contributed by atoms with van der Waals surface area (Å²) in [5, 5.41) is 3.73. The molecule has 1 unspecified atom stereocenters. The van der Waals surface area contributed by atoms with Gasteiger partial charge < -0.3 is 19.2 Å². The van der Waals surface area contributed by atoms with Gasteiger partial charge in [-0.2, -0.15) is 0 Å². The summed E-state index contributed by atoms with van der Waals surface area (Å²) in [6.45, 7) is 4.15. The first kappa shape index (κ1) is 21.1. The Balaban J connectivity index is 1.72. The van der Waals surface area contributed by atoms with E-state index in [0.29, 0.717) is 33.2 Å². The molecule has 1 atom stereocenters. The smallest absolute Gasteiger partial charge is 0.349 e. The van der Waals surface area contributed by atoms with Crippen molar-refractivity contribution in [1.82, 2.24) is 0 Å². The molecule has 1 N–H and O–H groups in total. The Bertz CT molecular complexity index is 1220. The van der Waals surface area contributed by atoms with Crippen molar-refractivity contribution in [3.05, 3.63) is 56.3 Å². The number of hydrogen-bond donors (Lipinski definition) is 1. The van der Waals surface area contributed by atoms with E-state index >= 15 is 0 Å². The van der Waals surface area contributed by atoms with E-state index < -0.39 is 17.5 Å². The van der Waals surface area contributed by atoms with E-state index in [-0.39, 0.29) is 12.2 Å². The normalized spacial score (nSPS) is 15.4. The van der Waals surface area contributed by atoms with E-state index in [2.05, 4.69) is 12.2 Å². The number of methoxy groups -OCH3 is 1. The lowest BCUT2D eigenvalue weighted by Gasteiger charge is -2.18. The van der Waals surface area contributed by atoms with E-state index in [9.17, 15) is 14.4 Å². The summed E-state index contributed by atoms with van der Waals surface area (Å²) in [4.78, 5) is 39.2. The maximum Gasteiger partial charge on any atom is 0.349 e. The molecule has 1 amide bonds. The average Bonchev–Trinajstić information content (AvgIpc) is 3.09. The second-order valence-corrected chi connectivity index (χ2v) is 8.69. The third kappa shape index (κ3) is 4.07. The van der Waals surface area contributed by atoms with Gasteiger partial charge in [0.05, 0.1) is 19.3 Å². The fraction of sp³-hybridized carbons (Fsp3) is 0.348. The molecule has 31 heavy (non-hydrogen) atoms. The van der Waals surface area contributed by atoms with Crippen LogP contribution in [0.3, 0.4) is 0 Å². The molecule has 0 aliphatic heterocycles. The minimum atomic E-state index is -0.747. The molecule has 1 aliphatic rings. The first-order valence-electron chi connectivity index (χ1n) is 10.2. The number of benzene rings is 1. The maximum atomic E-state index is 13.0. The number of anilines is 1. The molecule has 0 spiro atoms. The summed E-state index contributed by atoms with van der Waals surface area (Å²) in [5.74, 6) is 0.000384. The van der Waals surface area contributed by atoms with Crippen molar-refractivity contribution in [2.24, 2.45) is 5.92 Å². The highest BCUT2D eigenvalue weighted by atomic mass is 32.1. The van der Waals surface area contributed by atoms with Crippen LogP contribution in [0.1, 0.15) is 51.4 Å². The zero-order valence-electron chi connectivity index (χ0n) is 17.6. The topological polar surface area (TPSA) is 94.8 Å². The number of carbonyl (C=O) groups excluding carboxylic acids is 2. The van der Waals surface area contributed by atoms with Crippen LogP contribution in [0, 0.1) is 5.92 Å². The molecule has 1 aliphatic carbocycles. The third-order valence-corrected chi connectivity index (χ3v) is 6.57. The van der Waals surface area contributed by atoms with Crippen LogP contribution in [0.5, 0.6) is 5.75 Å². The first-order valence-corrected chi connectivity index (χ1v) is 11.0. The Kier molecular flexibility index (Phi) is 5.82. The van der Waals surface area contributed by atoms with Gasteiger partial charge >= 0.3 is 11.6 Å². The zero-order chi connectivity index (χ0) is 22.1. The number of fused-ring (bicyclic) bond motifs is 2. The van der Waals surface area contributed by atoms with Crippen molar-refractivity contribution in [2.45, 2.75) is 33.1 Å². The molecule has 4 rings (SSSR count). The van der Waals surface area contributed by atoms with Crippen molar-refractivity contribution in [2.75, 3.05) is 19.0 Å². The number of carbonyl (C=O) groups is 2. The van der Waals surface area contributed by atoms with Crippen LogP contribution >= 0.6 is 11.3 Å². The summed E-state index contributed by atoms with van der Waals surface area (Å²) >= 11 is 1.37. The second-order valence-electron chi connectivity index (χ2n) is 7.58. The number of rotatable bonds is 5. The standard InChI is InChI=1S/C23H23NO6S/c1-4-29-23(27)19-15-7-5-12(2)9-18(15)31-21(19)24-20(25)16-11-13-10-14(28-3)6-8-17(13)30-22(16)26/h6,8,10-12H,4-5,7,9H2,1-3H3,(H,24,25). The van der Waals surface area contributed by atoms with Crippen LogP contribution in [0.15, 0.2) is 33.5 Å². The van der Waals surface area contributed by atoms with Crippen molar-refractivity contribution >= 4 is 39.2 Å². The molecule has 0 saturated heterocycles. The van der Waals surface area contributed by atoms with E-state index in [1.54, 1.807) is 25.1 Å². The molecule has 0 bridgehead atoms. The molecule has 2 aromatic heterocycles. The largest absolute Gasteiger partial charge is 0.497 e. The predicted octanol–water partition coefficient (Wildman–Crippen LogP) is 4.42. The molecule has 8 heteroatoms. The molecule has 2 heterocycles. The fourth-order valence-corrected chi connectivity index (χ4v) is 5.21.